The minimum Gasteiger partial charge on any atom is -0.484 e. The molecule has 1 aromatic heterocycles. The van der Waals surface area contributed by atoms with Crippen molar-refractivity contribution in [3.8, 4) is 5.75 Å². The first-order valence-corrected chi connectivity index (χ1v) is 7.67. The third kappa shape index (κ3) is 3.75. The van der Waals surface area contributed by atoms with E-state index in [9.17, 15) is 0 Å². The molecule has 1 aliphatic rings. The first kappa shape index (κ1) is 16.7. The van der Waals surface area contributed by atoms with Gasteiger partial charge in [0, 0.05) is 23.0 Å². The van der Waals surface area contributed by atoms with Crippen molar-refractivity contribution in [1.82, 2.24) is 4.90 Å². The van der Waals surface area contributed by atoms with Crippen LogP contribution >= 0.6 is 39.9 Å². The fraction of sp³-hybridized carbons (Fsp3) is 0.333. The van der Waals surface area contributed by atoms with Crippen LogP contribution in [-0.2, 0) is 6.54 Å². The smallest absolute Gasteiger partial charge is 0.139 e. The third-order valence-electron chi connectivity index (χ3n) is 3.48. The Bertz CT molecular complexity index is 617. The van der Waals surface area contributed by atoms with Gasteiger partial charge in [0.15, 0.2) is 0 Å². The Morgan fingerprint density at radius 1 is 1.38 bits per heavy atom. The van der Waals surface area contributed by atoms with Gasteiger partial charge >= 0.3 is 0 Å². The summed E-state index contributed by atoms with van der Waals surface area (Å²) in [6.45, 7) is 1.77. The van der Waals surface area contributed by atoms with Gasteiger partial charge in [-0.3, -0.25) is 4.90 Å². The van der Waals surface area contributed by atoms with Crippen molar-refractivity contribution in [1.29, 1.82) is 0 Å². The van der Waals surface area contributed by atoms with Crippen molar-refractivity contribution in [3.05, 3.63) is 51.3 Å². The zero-order chi connectivity index (χ0) is 14.1. The summed E-state index contributed by atoms with van der Waals surface area (Å²) >= 11 is 9.65. The highest BCUT2D eigenvalue weighted by molar-refractivity contribution is 9.10. The lowest BCUT2D eigenvalue weighted by Gasteiger charge is -2.18. The van der Waals surface area contributed by atoms with Gasteiger partial charge in [0.1, 0.15) is 17.6 Å². The summed E-state index contributed by atoms with van der Waals surface area (Å²) in [5.74, 6) is 1.67. The maximum Gasteiger partial charge on any atom is 0.139 e. The zero-order valence-electron chi connectivity index (χ0n) is 11.5. The molecular formula is C15H16BrCl2NO2. The summed E-state index contributed by atoms with van der Waals surface area (Å²) in [4.78, 5) is 2.23. The molecule has 6 heteroatoms. The molecule has 2 heterocycles. The van der Waals surface area contributed by atoms with Crippen LogP contribution in [0, 0.1) is 0 Å². The van der Waals surface area contributed by atoms with Gasteiger partial charge in [-0.05, 0) is 31.3 Å². The summed E-state index contributed by atoms with van der Waals surface area (Å²) < 4.78 is 12.6. The van der Waals surface area contributed by atoms with Crippen LogP contribution in [0.1, 0.15) is 23.8 Å². The highest BCUT2D eigenvalue weighted by atomic mass is 79.9. The molecule has 0 radical (unpaired) electrons. The normalized spacial score (nSPS) is 18.5. The van der Waals surface area contributed by atoms with E-state index < -0.39 is 0 Å². The lowest BCUT2D eigenvalue weighted by atomic mass is 10.1. The van der Waals surface area contributed by atoms with Crippen LogP contribution in [0.5, 0.6) is 5.75 Å². The summed E-state index contributed by atoms with van der Waals surface area (Å²) in [5, 5.41) is 0.621. The Hall–Kier alpha value is -0.680. The molecule has 1 aliphatic heterocycles. The van der Waals surface area contributed by atoms with Gasteiger partial charge in [-0.1, -0.05) is 27.5 Å². The lowest BCUT2D eigenvalue weighted by Crippen LogP contribution is -2.18. The molecule has 3 rings (SSSR count). The van der Waals surface area contributed by atoms with Gasteiger partial charge in [0.05, 0.1) is 17.8 Å². The molecule has 2 aromatic rings. The fourth-order valence-electron chi connectivity index (χ4n) is 2.43. The van der Waals surface area contributed by atoms with Crippen LogP contribution in [0.3, 0.4) is 0 Å². The topological polar surface area (TPSA) is 25.6 Å². The van der Waals surface area contributed by atoms with Crippen LogP contribution < -0.4 is 4.74 Å². The number of rotatable bonds is 2. The monoisotopic (exact) mass is 391 g/mol. The van der Waals surface area contributed by atoms with E-state index in [1.54, 1.807) is 6.26 Å². The maximum absolute atomic E-state index is 6.21. The quantitative estimate of drug-likeness (QED) is 0.713. The Morgan fingerprint density at radius 2 is 2.19 bits per heavy atom. The largest absolute Gasteiger partial charge is 0.484 e. The van der Waals surface area contributed by atoms with Crippen molar-refractivity contribution in [2.24, 2.45) is 0 Å². The number of nitrogens with zero attached hydrogens (tertiary/aromatic N) is 1. The molecule has 1 aromatic carbocycles. The van der Waals surface area contributed by atoms with E-state index in [2.05, 4.69) is 27.9 Å². The fourth-order valence-corrected chi connectivity index (χ4v) is 2.93. The summed E-state index contributed by atoms with van der Waals surface area (Å²) in [5.41, 5.74) is 1.12. The van der Waals surface area contributed by atoms with Crippen molar-refractivity contribution < 1.29 is 9.15 Å². The molecular weight excluding hydrogens is 377 g/mol. The molecule has 0 N–H and O–H groups in total. The van der Waals surface area contributed by atoms with Gasteiger partial charge in [0.2, 0.25) is 0 Å². The van der Waals surface area contributed by atoms with E-state index in [4.69, 9.17) is 20.8 Å². The predicted octanol–water partition coefficient (Wildman–Crippen LogP) is 5.07. The average molecular weight is 393 g/mol. The van der Waals surface area contributed by atoms with Gasteiger partial charge in [-0.2, -0.15) is 0 Å². The van der Waals surface area contributed by atoms with Gasteiger partial charge in [-0.25, -0.2) is 0 Å². The number of furan rings is 1. The van der Waals surface area contributed by atoms with Gasteiger partial charge in [-0.15, -0.1) is 12.4 Å². The first-order valence-electron chi connectivity index (χ1n) is 6.50. The molecule has 0 aliphatic carbocycles. The average Bonchev–Trinajstić information content (AvgIpc) is 2.81. The zero-order valence-corrected chi connectivity index (χ0v) is 14.7. The van der Waals surface area contributed by atoms with Crippen molar-refractivity contribution in [3.63, 3.8) is 0 Å². The molecule has 1 unspecified atom stereocenters. The summed E-state index contributed by atoms with van der Waals surface area (Å²) in [7, 11) is 2.08. The third-order valence-corrected chi connectivity index (χ3v) is 4.28. The van der Waals surface area contributed by atoms with Crippen LogP contribution in [0.2, 0.25) is 5.02 Å². The number of halogens is 3. The van der Waals surface area contributed by atoms with E-state index in [-0.39, 0.29) is 18.5 Å². The van der Waals surface area contributed by atoms with Crippen molar-refractivity contribution in [2.75, 3.05) is 13.6 Å². The SMILES string of the molecule is CN1CCC(Oc2cc(Br)ccc2Cl)c2ccoc2C1.Cl. The maximum atomic E-state index is 6.21. The Balaban J connectivity index is 0.00000161. The summed E-state index contributed by atoms with van der Waals surface area (Å²) in [6.07, 6.45) is 2.61. The molecule has 0 amide bonds. The second-order valence-corrected chi connectivity index (χ2v) is 6.33. The molecule has 114 valence electrons. The molecule has 0 fully saturated rings. The predicted molar refractivity (Wildman–Crippen MR) is 89.4 cm³/mol. The van der Waals surface area contributed by atoms with Crippen LogP contribution in [0.25, 0.3) is 0 Å². The van der Waals surface area contributed by atoms with E-state index in [1.807, 2.05) is 24.3 Å². The molecule has 0 bridgehead atoms. The Labute approximate surface area is 143 Å². The van der Waals surface area contributed by atoms with E-state index >= 15 is 0 Å². The second kappa shape index (κ2) is 7.05. The van der Waals surface area contributed by atoms with Crippen molar-refractivity contribution >= 4 is 39.9 Å². The molecule has 0 saturated heterocycles. The standard InChI is InChI=1S/C15H15BrClNO2.ClH/c1-18-6-4-13(11-5-7-19-15(11)9-18)20-14-8-10(16)2-3-12(14)17;/h2-3,5,7-8,13H,4,6,9H2,1H3;1H. The van der Waals surface area contributed by atoms with E-state index in [0.29, 0.717) is 10.8 Å². The molecule has 3 nitrogen and oxygen atoms in total. The summed E-state index contributed by atoms with van der Waals surface area (Å²) in [6, 6.07) is 7.63. The minimum atomic E-state index is -0.0273. The van der Waals surface area contributed by atoms with Crippen LogP contribution in [0.4, 0.5) is 0 Å². The number of benzene rings is 1. The number of hydrogen-bond donors (Lipinski definition) is 0. The van der Waals surface area contributed by atoms with E-state index in [1.165, 1.54) is 0 Å². The Kier molecular flexibility index (Phi) is 5.60. The van der Waals surface area contributed by atoms with Crippen molar-refractivity contribution in [2.45, 2.75) is 19.1 Å². The Morgan fingerprint density at radius 3 is 3.00 bits per heavy atom. The van der Waals surface area contributed by atoms with Gasteiger partial charge in [0.25, 0.3) is 0 Å². The lowest BCUT2D eigenvalue weighted by molar-refractivity contribution is 0.182. The van der Waals surface area contributed by atoms with E-state index in [0.717, 1.165) is 35.3 Å². The first-order chi connectivity index (χ1) is 9.63. The number of hydrogen-bond acceptors (Lipinski definition) is 3. The van der Waals surface area contributed by atoms with Crippen LogP contribution in [0.15, 0.2) is 39.4 Å². The molecule has 0 saturated carbocycles. The molecule has 21 heavy (non-hydrogen) atoms. The highest BCUT2D eigenvalue weighted by Gasteiger charge is 2.25. The second-order valence-electron chi connectivity index (χ2n) is 5.01. The molecule has 0 spiro atoms. The number of fused-ring (bicyclic) bond motifs is 1. The van der Waals surface area contributed by atoms with Gasteiger partial charge < -0.3 is 9.15 Å². The van der Waals surface area contributed by atoms with Crippen LogP contribution in [-0.4, -0.2) is 18.5 Å². The molecule has 1 atom stereocenters. The minimum absolute atomic E-state index is 0. The highest BCUT2D eigenvalue weighted by Crippen LogP contribution is 2.35. The number of ether oxygens (including phenoxy) is 1.